The van der Waals surface area contributed by atoms with E-state index in [-0.39, 0.29) is 5.91 Å². The molecule has 1 aromatic heterocycles. The molecule has 0 spiro atoms. The molecule has 0 aliphatic carbocycles. The smallest absolute Gasteiger partial charge is 0.266 e. The Morgan fingerprint density at radius 2 is 2.26 bits per heavy atom. The van der Waals surface area contributed by atoms with E-state index in [0.717, 1.165) is 29.6 Å². The molecule has 4 heteroatoms. The van der Waals surface area contributed by atoms with Gasteiger partial charge in [0.25, 0.3) is 5.91 Å². The molecule has 2 N–H and O–H groups in total. The van der Waals surface area contributed by atoms with Crippen molar-refractivity contribution >= 4 is 33.0 Å². The predicted molar refractivity (Wildman–Crippen MR) is 80.7 cm³/mol. The molecule has 3 nitrogen and oxygen atoms in total. The maximum atomic E-state index is 12.5. The lowest BCUT2D eigenvalue weighted by molar-refractivity contribution is 0.0794. The molecule has 19 heavy (non-hydrogen) atoms. The predicted octanol–water partition coefficient (Wildman–Crippen LogP) is 3.27. The standard InChI is InChI=1S/C15H18N2OS/c1-9-3-4-12-11(7-9)13(16)14(19-12)15(18)17-6-5-10(2)8-17/h3-4,7,10H,5-6,8,16H2,1-2H3. The van der Waals surface area contributed by atoms with Gasteiger partial charge in [0.1, 0.15) is 4.88 Å². The second-order valence-corrected chi connectivity index (χ2v) is 6.54. The summed E-state index contributed by atoms with van der Waals surface area (Å²) < 4.78 is 1.10. The summed E-state index contributed by atoms with van der Waals surface area (Å²) in [7, 11) is 0. The molecule has 100 valence electrons. The Labute approximate surface area is 117 Å². The van der Waals surface area contributed by atoms with Gasteiger partial charge in [0, 0.05) is 23.2 Å². The number of likely N-dealkylation sites (tertiary alicyclic amines) is 1. The molecule has 1 amide bonds. The summed E-state index contributed by atoms with van der Waals surface area (Å²) >= 11 is 1.51. The highest BCUT2D eigenvalue weighted by atomic mass is 32.1. The third-order valence-electron chi connectivity index (χ3n) is 3.79. The summed E-state index contributed by atoms with van der Waals surface area (Å²) in [6, 6.07) is 6.17. The lowest BCUT2D eigenvalue weighted by Gasteiger charge is -2.14. The van der Waals surface area contributed by atoms with Crippen LogP contribution in [0.1, 0.15) is 28.6 Å². The summed E-state index contributed by atoms with van der Waals surface area (Å²) in [6.45, 7) is 5.93. The van der Waals surface area contributed by atoms with Crippen molar-refractivity contribution in [1.82, 2.24) is 4.90 Å². The van der Waals surface area contributed by atoms with E-state index in [9.17, 15) is 4.79 Å². The fourth-order valence-electron chi connectivity index (χ4n) is 2.65. The molecule has 2 heterocycles. The van der Waals surface area contributed by atoms with E-state index in [2.05, 4.69) is 25.1 Å². The van der Waals surface area contributed by atoms with Crippen LogP contribution in [0, 0.1) is 12.8 Å². The molecule has 2 aromatic rings. The van der Waals surface area contributed by atoms with Crippen LogP contribution in [-0.4, -0.2) is 23.9 Å². The van der Waals surface area contributed by atoms with Crippen LogP contribution in [0.2, 0.25) is 0 Å². The first-order chi connectivity index (χ1) is 9.06. The molecule has 0 radical (unpaired) electrons. The van der Waals surface area contributed by atoms with E-state index in [1.54, 1.807) is 0 Å². The van der Waals surface area contributed by atoms with Crippen LogP contribution in [0.3, 0.4) is 0 Å². The lowest BCUT2D eigenvalue weighted by Crippen LogP contribution is -2.28. The van der Waals surface area contributed by atoms with Crippen LogP contribution in [0.15, 0.2) is 18.2 Å². The first kappa shape index (κ1) is 12.5. The first-order valence-electron chi connectivity index (χ1n) is 6.64. The second kappa shape index (κ2) is 4.53. The summed E-state index contributed by atoms with van der Waals surface area (Å²) in [5, 5.41) is 1.01. The van der Waals surface area contributed by atoms with Gasteiger partial charge in [-0.3, -0.25) is 4.79 Å². The molecule has 1 aliphatic heterocycles. The molecular formula is C15H18N2OS. The highest BCUT2D eigenvalue weighted by Gasteiger charge is 2.27. The van der Waals surface area contributed by atoms with Crippen LogP contribution in [-0.2, 0) is 0 Å². The van der Waals surface area contributed by atoms with Gasteiger partial charge in [-0.1, -0.05) is 18.6 Å². The second-order valence-electron chi connectivity index (χ2n) is 5.49. The number of carbonyl (C=O) groups excluding carboxylic acids is 1. The summed E-state index contributed by atoms with van der Waals surface area (Å²) in [6.07, 6.45) is 1.09. The van der Waals surface area contributed by atoms with E-state index in [1.807, 2.05) is 11.8 Å². The Balaban J connectivity index is 2.01. The van der Waals surface area contributed by atoms with Gasteiger partial charge < -0.3 is 10.6 Å². The van der Waals surface area contributed by atoms with Crippen LogP contribution >= 0.6 is 11.3 Å². The molecule has 3 rings (SSSR count). The Morgan fingerprint density at radius 1 is 1.47 bits per heavy atom. The molecule has 1 saturated heterocycles. The number of nitrogens with zero attached hydrogens (tertiary/aromatic N) is 1. The highest BCUT2D eigenvalue weighted by Crippen LogP contribution is 2.35. The van der Waals surface area contributed by atoms with Gasteiger partial charge in [-0.05, 0) is 31.4 Å². The van der Waals surface area contributed by atoms with Crippen LogP contribution in [0.4, 0.5) is 5.69 Å². The molecule has 1 aromatic carbocycles. The number of hydrogen-bond acceptors (Lipinski definition) is 3. The topological polar surface area (TPSA) is 46.3 Å². The number of aryl methyl sites for hydroxylation is 1. The van der Waals surface area contributed by atoms with E-state index >= 15 is 0 Å². The number of rotatable bonds is 1. The maximum Gasteiger partial charge on any atom is 0.266 e. The third kappa shape index (κ3) is 2.10. The van der Waals surface area contributed by atoms with E-state index in [0.29, 0.717) is 16.5 Å². The number of benzene rings is 1. The highest BCUT2D eigenvalue weighted by molar-refractivity contribution is 7.21. The van der Waals surface area contributed by atoms with Gasteiger partial charge in [-0.15, -0.1) is 11.3 Å². The third-order valence-corrected chi connectivity index (χ3v) is 4.96. The lowest BCUT2D eigenvalue weighted by atomic mass is 10.1. The van der Waals surface area contributed by atoms with Crippen molar-refractivity contribution in [2.45, 2.75) is 20.3 Å². The van der Waals surface area contributed by atoms with Crippen molar-refractivity contribution in [3.63, 3.8) is 0 Å². The van der Waals surface area contributed by atoms with Crippen molar-refractivity contribution in [3.05, 3.63) is 28.6 Å². The zero-order chi connectivity index (χ0) is 13.6. The Kier molecular flexibility index (Phi) is 2.97. The first-order valence-corrected chi connectivity index (χ1v) is 7.46. The zero-order valence-corrected chi connectivity index (χ0v) is 12.1. The summed E-state index contributed by atoms with van der Waals surface area (Å²) in [5.74, 6) is 0.697. The van der Waals surface area contributed by atoms with Crippen molar-refractivity contribution in [2.75, 3.05) is 18.8 Å². The van der Waals surface area contributed by atoms with Gasteiger partial charge in [0.15, 0.2) is 0 Å². The largest absolute Gasteiger partial charge is 0.397 e. The monoisotopic (exact) mass is 274 g/mol. The zero-order valence-electron chi connectivity index (χ0n) is 11.3. The van der Waals surface area contributed by atoms with Crippen LogP contribution in [0.5, 0.6) is 0 Å². The number of fused-ring (bicyclic) bond motifs is 1. The van der Waals surface area contributed by atoms with Crippen LogP contribution < -0.4 is 5.73 Å². The molecule has 1 atom stereocenters. The molecule has 1 fully saturated rings. The number of thiophene rings is 1. The number of amides is 1. The average Bonchev–Trinajstić information content (AvgIpc) is 2.94. The van der Waals surface area contributed by atoms with Gasteiger partial charge in [-0.2, -0.15) is 0 Å². The fraction of sp³-hybridized carbons (Fsp3) is 0.400. The molecular weight excluding hydrogens is 256 g/mol. The SMILES string of the molecule is Cc1ccc2sc(C(=O)N3CCC(C)C3)c(N)c2c1. The number of nitrogens with two attached hydrogens (primary N) is 1. The van der Waals surface area contributed by atoms with E-state index in [1.165, 1.54) is 16.9 Å². The number of nitrogen functional groups attached to an aromatic ring is 1. The normalized spacial score (nSPS) is 19.3. The van der Waals surface area contributed by atoms with Gasteiger partial charge >= 0.3 is 0 Å². The fourth-order valence-corrected chi connectivity index (χ4v) is 3.72. The molecule has 1 unspecified atom stereocenters. The van der Waals surface area contributed by atoms with Crippen molar-refractivity contribution in [1.29, 1.82) is 0 Å². The number of hydrogen-bond donors (Lipinski definition) is 1. The van der Waals surface area contributed by atoms with Gasteiger partial charge in [-0.25, -0.2) is 0 Å². The minimum absolute atomic E-state index is 0.0979. The Hall–Kier alpha value is -1.55. The summed E-state index contributed by atoms with van der Waals surface area (Å²) in [5.41, 5.74) is 7.99. The molecule has 0 bridgehead atoms. The number of anilines is 1. The van der Waals surface area contributed by atoms with Crippen LogP contribution in [0.25, 0.3) is 10.1 Å². The molecule has 0 saturated carbocycles. The minimum atomic E-state index is 0.0979. The van der Waals surface area contributed by atoms with Crippen molar-refractivity contribution < 1.29 is 4.79 Å². The van der Waals surface area contributed by atoms with E-state index < -0.39 is 0 Å². The van der Waals surface area contributed by atoms with Gasteiger partial charge in [0.2, 0.25) is 0 Å². The van der Waals surface area contributed by atoms with E-state index in [4.69, 9.17) is 5.73 Å². The number of carbonyl (C=O) groups is 1. The molecule has 1 aliphatic rings. The Morgan fingerprint density at radius 3 is 2.95 bits per heavy atom. The quantitative estimate of drug-likeness (QED) is 0.867. The Bertz CT molecular complexity index is 647. The summed E-state index contributed by atoms with van der Waals surface area (Å²) in [4.78, 5) is 15.2. The van der Waals surface area contributed by atoms with Crippen molar-refractivity contribution in [2.24, 2.45) is 5.92 Å². The van der Waals surface area contributed by atoms with Crippen molar-refractivity contribution in [3.8, 4) is 0 Å². The average molecular weight is 274 g/mol. The minimum Gasteiger partial charge on any atom is -0.397 e. The maximum absolute atomic E-state index is 12.5. The van der Waals surface area contributed by atoms with Gasteiger partial charge in [0.05, 0.1) is 5.69 Å².